The summed E-state index contributed by atoms with van der Waals surface area (Å²) < 4.78 is 38.9. The van der Waals surface area contributed by atoms with Crippen LogP contribution in [0.25, 0.3) is 0 Å². The number of morpholine rings is 1. The van der Waals surface area contributed by atoms with Crippen molar-refractivity contribution >= 4 is 27.6 Å². The molecule has 146 valence electrons. The number of rotatable bonds is 4. The number of nitrogens with zero attached hydrogens (tertiary/aromatic N) is 1. The van der Waals surface area contributed by atoms with E-state index in [1.807, 2.05) is 6.07 Å². The van der Waals surface area contributed by atoms with Crippen LogP contribution in [-0.2, 0) is 14.8 Å². The summed E-state index contributed by atoms with van der Waals surface area (Å²) in [5.74, 6) is -1.70. The molecule has 7 nitrogen and oxygen atoms in total. The van der Waals surface area contributed by atoms with Crippen molar-refractivity contribution in [3.63, 3.8) is 0 Å². The van der Waals surface area contributed by atoms with Crippen LogP contribution in [0.3, 0.4) is 0 Å². The fraction of sp³-hybridized carbons (Fsp3) is 0.389. The van der Waals surface area contributed by atoms with E-state index in [9.17, 15) is 13.2 Å². The van der Waals surface area contributed by atoms with Gasteiger partial charge >= 0.3 is 5.97 Å². The minimum absolute atomic E-state index is 0.0361. The summed E-state index contributed by atoms with van der Waals surface area (Å²) in [5.41, 5.74) is -0.0468. The van der Waals surface area contributed by atoms with E-state index in [0.717, 1.165) is 11.6 Å². The largest absolute Gasteiger partial charge is 0.475 e. The molecule has 0 amide bonds. The Hall–Kier alpha value is -1.87. The number of carboxylic acid groups (broad SMARTS) is 1. The number of benzene rings is 1. The molecule has 9 heteroatoms. The zero-order valence-corrected chi connectivity index (χ0v) is 16.7. The number of halogens is 1. The van der Waals surface area contributed by atoms with Gasteiger partial charge in [0.25, 0.3) is 0 Å². The van der Waals surface area contributed by atoms with Gasteiger partial charge in [-0.1, -0.05) is 23.7 Å². The summed E-state index contributed by atoms with van der Waals surface area (Å²) in [5, 5.41) is 9.62. The lowest BCUT2D eigenvalue weighted by Crippen LogP contribution is -2.56. The third-order valence-corrected chi connectivity index (χ3v) is 6.94. The SMILES string of the molecule is Cc1oc(C(=O)O)cc1S(=O)(=O)N1CC(c2cccc(Cl)c2)OCC1(C)C. The van der Waals surface area contributed by atoms with Crippen LogP contribution < -0.4 is 0 Å². The molecule has 1 unspecified atom stereocenters. The molecule has 1 aliphatic rings. The van der Waals surface area contributed by atoms with E-state index < -0.39 is 33.4 Å². The lowest BCUT2D eigenvalue weighted by molar-refractivity contribution is -0.0655. The van der Waals surface area contributed by atoms with E-state index >= 15 is 0 Å². The molecule has 0 aliphatic carbocycles. The Morgan fingerprint density at radius 2 is 2.04 bits per heavy atom. The van der Waals surface area contributed by atoms with Gasteiger partial charge in [-0.3, -0.25) is 0 Å². The van der Waals surface area contributed by atoms with E-state index in [1.54, 1.807) is 32.0 Å². The highest BCUT2D eigenvalue weighted by Crippen LogP contribution is 2.36. The first kappa shape index (κ1) is 19.9. The second-order valence-electron chi connectivity index (χ2n) is 7.04. The first-order chi connectivity index (χ1) is 12.5. The van der Waals surface area contributed by atoms with Crippen molar-refractivity contribution in [1.29, 1.82) is 0 Å². The number of aryl methyl sites for hydroxylation is 1. The molecule has 0 spiro atoms. The minimum Gasteiger partial charge on any atom is -0.475 e. The number of hydrogen-bond donors (Lipinski definition) is 1. The normalized spacial score (nSPS) is 20.5. The average Bonchev–Trinajstić information content (AvgIpc) is 2.97. The van der Waals surface area contributed by atoms with Crippen LogP contribution >= 0.6 is 11.6 Å². The standard InChI is InChI=1S/C18H20ClNO6S/c1-11-16(8-14(26-11)17(21)22)27(23,24)20-9-15(25-10-18(20,2)3)12-5-4-6-13(19)7-12/h4-8,15H,9-10H2,1-3H3,(H,21,22). The Balaban J connectivity index is 2.00. The van der Waals surface area contributed by atoms with Gasteiger partial charge in [0.15, 0.2) is 0 Å². The van der Waals surface area contributed by atoms with Gasteiger partial charge in [0.2, 0.25) is 15.8 Å². The minimum atomic E-state index is -4.00. The van der Waals surface area contributed by atoms with Gasteiger partial charge in [-0.2, -0.15) is 4.31 Å². The third-order valence-electron chi connectivity index (χ3n) is 4.52. The maximum atomic E-state index is 13.3. The van der Waals surface area contributed by atoms with Crippen molar-refractivity contribution in [3.05, 3.63) is 52.4 Å². The van der Waals surface area contributed by atoms with E-state index in [0.29, 0.717) is 5.02 Å². The molecule has 1 aromatic carbocycles. The monoisotopic (exact) mass is 413 g/mol. The van der Waals surface area contributed by atoms with E-state index in [-0.39, 0.29) is 23.8 Å². The van der Waals surface area contributed by atoms with Gasteiger partial charge in [0.05, 0.1) is 18.2 Å². The quantitative estimate of drug-likeness (QED) is 0.824. The van der Waals surface area contributed by atoms with Crippen LogP contribution in [0.5, 0.6) is 0 Å². The summed E-state index contributed by atoms with van der Waals surface area (Å²) in [6.07, 6.45) is -0.488. The van der Waals surface area contributed by atoms with Crippen LogP contribution in [-0.4, -0.2) is 42.5 Å². The molecular formula is C18H20ClNO6S. The first-order valence-corrected chi connectivity index (χ1v) is 10.1. The van der Waals surface area contributed by atoms with Gasteiger partial charge in [-0.15, -0.1) is 0 Å². The molecule has 1 aromatic heterocycles. The summed E-state index contributed by atoms with van der Waals surface area (Å²) in [6, 6.07) is 8.12. The van der Waals surface area contributed by atoms with Crippen molar-refractivity contribution in [2.24, 2.45) is 0 Å². The van der Waals surface area contributed by atoms with Crippen LogP contribution in [0.2, 0.25) is 5.02 Å². The number of carbonyl (C=O) groups is 1. The number of carboxylic acids is 1. The second kappa shape index (κ2) is 6.94. The smallest absolute Gasteiger partial charge is 0.371 e. The fourth-order valence-corrected chi connectivity index (χ4v) is 5.24. The van der Waals surface area contributed by atoms with Gasteiger partial charge in [-0.25, -0.2) is 13.2 Å². The van der Waals surface area contributed by atoms with Crippen molar-refractivity contribution in [2.45, 2.75) is 37.3 Å². The number of ether oxygens (including phenoxy) is 1. The maximum absolute atomic E-state index is 13.3. The number of sulfonamides is 1. The highest BCUT2D eigenvalue weighted by molar-refractivity contribution is 7.89. The average molecular weight is 414 g/mol. The Morgan fingerprint density at radius 3 is 2.63 bits per heavy atom. The first-order valence-electron chi connectivity index (χ1n) is 8.26. The Morgan fingerprint density at radius 1 is 1.33 bits per heavy atom. The second-order valence-corrected chi connectivity index (χ2v) is 9.31. The van der Waals surface area contributed by atoms with Crippen molar-refractivity contribution in [2.75, 3.05) is 13.2 Å². The predicted molar refractivity (Wildman–Crippen MR) is 98.5 cm³/mol. The topological polar surface area (TPSA) is 97.0 Å². The van der Waals surface area contributed by atoms with Crippen molar-refractivity contribution in [3.8, 4) is 0 Å². The Labute approximate surface area is 162 Å². The molecule has 27 heavy (non-hydrogen) atoms. The summed E-state index contributed by atoms with van der Waals surface area (Å²) >= 11 is 6.04. The molecular weight excluding hydrogens is 394 g/mol. The van der Waals surface area contributed by atoms with Gasteiger partial charge < -0.3 is 14.3 Å². The fourth-order valence-electron chi connectivity index (χ4n) is 3.10. The number of aromatic carboxylic acids is 1. The van der Waals surface area contributed by atoms with Crippen molar-refractivity contribution in [1.82, 2.24) is 4.31 Å². The van der Waals surface area contributed by atoms with Crippen LogP contribution in [0, 0.1) is 6.92 Å². The van der Waals surface area contributed by atoms with Gasteiger partial charge in [0.1, 0.15) is 10.7 Å². The van der Waals surface area contributed by atoms with Crippen LogP contribution in [0.4, 0.5) is 0 Å². The Kier molecular flexibility index (Phi) is 5.11. The third kappa shape index (κ3) is 3.75. The molecule has 0 bridgehead atoms. The van der Waals surface area contributed by atoms with Gasteiger partial charge in [0, 0.05) is 17.6 Å². The molecule has 1 fully saturated rings. The lowest BCUT2D eigenvalue weighted by Gasteiger charge is -2.44. The summed E-state index contributed by atoms with van der Waals surface area (Å²) in [6.45, 7) is 5.19. The molecule has 2 heterocycles. The molecule has 3 rings (SSSR count). The highest BCUT2D eigenvalue weighted by atomic mass is 35.5. The van der Waals surface area contributed by atoms with Gasteiger partial charge in [-0.05, 0) is 38.5 Å². The van der Waals surface area contributed by atoms with E-state index in [2.05, 4.69) is 0 Å². The maximum Gasteiger partial charge on any atom is 0.371 e. The summed E-state index contributed by atoms with van der Waals surface area (Å²) in [4.78, 5) is 11.0. The predicted octanol–water partition coefficient (Wildman–Crippen LogP) is 3.48. The molecule has 0 radical (unpaired) electrons. The van der Waals surface area contributed by atoms with Crippen LogP contribution in [0.15, 0.2) is 39.6 Å². The molecule has 1 saturated heterocycles. The highest BCUT2D eigenvalue weighted by Gasteiger charge is 2.44. The van der Waals surface area contributed by atoms with Crippen LogP contribution in [0.1, 0.15) is 41.8 Å². The van der Waals surface area contributed by atoms with Crippen molar-refractivity contribution < 1.29 is 27.5 Å². The summed E-state index contributed by atoms with van der Waals surface area (Å²) in [7, 11) is -4.00. The number of hydrogen-bond acceptors (Lipinski definition) is 5. The zero-order chi connectivity index (χ0) is 20.0. The molecule has 1 aliphatic heterocycles. The molecule has 2 aromatic rings. The lowest BCUT2D eigenvalue weighted by atomic mass is 10.0. The van der Waals surface area contributed by atoms with E-state index in [1.165, 1.54) is 11.2 Å². The zero-order valence-electron chi connectivity index (χ0n) is 15.1. The van der Waals surface area contributed by atoms with E-state index in [4.69, 9.17) is 25.9 Å². The Bertz CT molecular complexity index is 981. The molecule has 0 saturated carbocycles. The molecule has 1 atom stereocenters. The number of furan rings is 1. The molecule has 1 N–H and O–H groups in total.